The van der Waals surface area contributed by atoms with Crippen LogP contribution in [0.15, 0.2) is 78.9 Å². The molecular weight excluding hydrogens is 474 g/mol. The Morgan fingerprint density at radius 2 is 1.60 bits per heavy atom. The van der Waals surface area contributed by atoms with Crippen LogP contribution in [-0.2, 0) is 4.79 Å². The highest BCUT2D eigenvalue weighted by atomic mass is 35.5. The lowest BCUT2D eigenvalue weighted by molar-refractivity contribution is -0.122. The lowest BCUT2D eigenvalue weighted by Gasteiger charge is -2.21. The molecule has 0 aliphatic rings. The number of nitrogens with zero attached hydrogens (tertiary/aromatic N) is 2. The third-order valence-electron chi connectivity index (χ3n) is 5.60. The molecule has 6 nitrogen and oxygen atoms in total. The fourth-order valence-electron chi connectivity index (χ4n) is 3.94. The predicted octanol–water partition coefficient (Wildman–Crippen LogP) is 5.82. The number of nitrogens with one attached hydrogen (secondary N) is 2. The van der Waals surface area contributed by atoms with E-state index in [1.54, 1.807) is 79.7 Å². The lowest BCUT2D eigenvalue weighted by Crippen LogP contribution is -2.35. The van der Waals surface area contributed by atoms with E-state index in [9.17, 15) is 18.4 Å². The van der Waals surface area contributed by atoms with Crippen molar-refractivity contribution in [1.82, 2.24) is 20.2 Å². The number of benzene rings is 3. The number of hydrogen-bond donors (Lipinski definition) is 2. The van der Waals surface area contributed by atoms with Gasteiger partial charge in [0.15, 0.2) is 0 Å². The van der Waals surface area contributed by atoms with Gasteiger partial charge in [0.25, 0.3) is 5.91 Å². The van der Waals surface area contributed by atoms with E-state index in [2.05, 4.69) is 15.6 Å². The van der Waals surface area contributed by atoms with E-state index < -0.39 is 30.4 Å². The molecule has 35 heavy (non-hydrogen) atoms. The Balaban J connectivity index is 1.54. The minimum atomic E-state index is -2.82. The number of amides is 2. The van der Waals surface area contributed by atoms with Gasteiger partial charge in [-0.3, -0.25) is 14.2 Å². The molecule has 0 aliphatic heterocycles. The van der Waals surface area contributed by atoms with Crippen molar-refractivity contribution in [3.63, 3.8) is 0 Å². The zero-order valence-electron chi connectivity index (χ0n) is 18.8. The number of fused-ring (bicyclic) bond motifs is 1. The fraction of sp³-hybridized carbons (Fsp3) is 0.192. The first-order valence-corrected chi connectivity index (χ1v) is 11.4. The van der Waals surface area contributed by atoms with E-state index >= 15 is 0 Å². The van der Waals surface area contributed by atoms with Gasteiger partial charge in [-0.1, -0.05) is 66.2 Å². The minimum absolute atomic E-state index is 0.0471. The van der Waals surface area contributed by atoms with E-state index in [0.717, 1.165) is 10.1 Å². The van der Waals surface area contributed by atoms with Gasteiger partial charge in [-0.25, -0.2) is 4.98 Å². The number of halogens is 3. The Kier molecular flexibility index (Phi) is 7.41. The number of carbonyl (C=O) groups excluding carboxylic acids is 2. The maximum Gasteiger partial charge on any atom is 0.320 e. The van der Waals surface area contributed by atoms with Crippen LogP contribution in [0.25, 0.3) is 11.0 Å². The Morgan fingerprint density at radius 1 is 0.943 bits per heavy atom. The lowest BCUT2D eigenvalue weighted by atomic mass is 10.0. The molecule has 2 amide bonds. The fourth-order valence-corrected chi connectivity index (χ4v) is 4.16. The summed E-state index contributed by atoms with van der Waals surface area (Å²) in [5.74, 6) is -0.811. The molecule has 0 radical (unpaired) electrons. The van der Waals surface area contributed by atoms with Crippen LogP contribution < -0.4 is 10.6 Å². The van der Waals surface area contributed by atoms with Crippen LogP contribution in [0.3, 0.4) is 0 Å². The monoisotopic (exact) mass is 496 g/mol. The molecule has 1 aromatic heterocycles. The molecule has 2 atom stereocenters. The molecule has 9 heteroatoms. The van der Waals surface area contributed by atoms with Crippen molar-refractivity contribution in [3.8, 4) is 0 Å². The molecule has 0 saturated carbocycles. The van der Waals surface area contributed by atoms with Crippen LogP contribution in [0.2, 0.25) is 5.02 Å². The van der Waals surface area contributed by atoms with Crippen molar-refractivity contribution < 1.29 is 18.4 Å². The van der Waals surface area contributed by atoms with Gasteiger partial charge >= 0.3 is 6.55 Å². The van der Waals surface area contributed by atoms with Gasteiger partial charge in [0, 0.05) is 0 Å². The van der Waals surface area contributed by atoms with E-state index in [1.807, 2.05) is 6.07 Å². The van der Waals surface area contributed by atoms with Crippen molar-refractivity contribution in [2.45, 2.75) is 32.0 Å². The largest absolute Gasteiger partial charge is 0.346 e. The Hall–Kier alpha value is -3.78. The predicted molar refractivity (Wildman–Crippen MR) is 130 cm³/mol. The highest BCUT2D eigenvalue weighted by molar-refractivity contribution is 6.33. The van der Waals surface area contributed by atoms with Crippen LogP contribution in [0.5, 0.6) is 0 Å². The summed E-state index contributed by atoms with van der Waals surface area (Å²) in [6.07, 6.45) is -0.112. The average molecular weight is 497 g/mol. The molecule has 4 aromatic rings. The second-order valence-electron chi connectivity index (χ2n) is 8.02. The highest BCUT2D eigenvalue weighted by Crippen LogP contribution is 2.27. The van der Waals surface area contributed by atoms with Crippen LogP contribution >= 0.6 is 11.6 Å². The molecule has 3 aromatic carbocycles. The SMILES string of the molecule is C[C@@H](NC(=O)C[C@H](NC(=O)c1ccccc1Cl)c1ccccc1)c1nc2ccccc2n1C(F)F. The maximum absolute atomic E-state index is 13.8. The summed E-state index contributed by atoms with van der Waals surface area (Å²) < 4.78 is 28.4. The number of imidazole rings is 1. The molecule has 1 heterocycles. The van der Waals surface area contributed by atoms with Gasteiger partial charge in [-0.15, -0.1) is 0 Å². The van der Waals surface area contributed by atoms with Gasteiger partial charge in [-0.2, -0.15) is 8.78 Å². The van der Waals surface area contributed by atoms with Crippen LogP contribution in [-0.4, -0.2) is 21.4 Å². The second-order valence-corrected chi connectivity index (χ2v) is 8.42. The number of para-hydroxylation sites is 2. The smallest absolute Gasteiger partial charge is 0.320 e. The van der Waals surface area contributed by atoms with Crippen LogP contribution in [0.4, 0.5) is 8.78 Å². The zero-order chi connectivity index (χ0) is 24.9. The molecular formula is C26H23ClF2N4O2. The maximum atomic E-state index is 13.8. The van der Waals surface area contributed by atoms with Gasteiger partial charge in [-0.05, 0) is 36.8 Å². The van der Waals surface area contributed by atoms with Gasteiger partial charge < -0.3 is 10.6 Å². The van der Waals surface area contributed by atoms with E-state index in [0.29, 0.717) is 10.5 Å². The van der Waals surface area contributed by atoms with E-state index in [4.69, 9.17) is 11.6 Å². The summed E-state index contributed by atoms with van der Waals surface area (Å²) in [6, 6.07) is 20.7. The zero-order valence-corrected chi connectivity index (χ0v) is 19.5. The first kappa shape index (κ1) is 24.3. The third kappa shape index (κ3) is 5.49. The first-order chi connectivity index (χ1) is 16.8. The van der Waals surface area contributed by atoms with Crippen LogP contribution in [0.1, 0.15) is 53.7 Å². The van der Waals surface area contributed by atoms with Gasteiger partial charge in [0.1, 0.15) is 5.82 Å². The van der Waals surface area contributed by atoms with Crippen molar-refractivity contribution >= 4 is 34.4 Å². The summed E-state index contributed by atoms with van der Waals surface area (Å²) in [5, 5.41) is 5.90. The molecule has 4 rings (SSSR count). The Labute approximate surface area is 205 Å². The summed E-state index contributed by atoms with van der Waals surface area (Å²) >= 11 is 6.15. The van der Waals surface area contributed by atoms with Gasteiger partial charge in [0.05, 0.1) is 40.1 Å². The molecule has 0 bridgehead atoms. The summed E-state index contributed by atoms with van der Waals surface area (Å²) in [7, 11) is 0. The molecule has 0 saturated heterocycles. The summed E-state index contributed by atoms with van der Waals surface area (Å²) in [5.41, 5.74) is 1.70. The number of hydrogen-bond acceptors (Lipinski definition) is 3. The normalized spacial score (nSPS) is 12.9. The average Bonchev–Trinajstić information content (AvgIpc) is 3.24. The molecule has 2 N–H and O–H groups in total. The first-order valence-electron chi connectivity index (χ1n) is 11.0. The van der Waals surface area contributed by atoms with Gasteiger partial charge in [0.2, 0.25) is 5.91 Å². The number of rotatable bonds is 8. The second kappa shape index (κ2) is 10.7. The quantitative estimate of drug-likeness (QED) is 0.322. The number of alkyl halides is 2. The topological polar surface area (TPSA) is 76.0 Å². The highest BCUT2D eigenvalue weighted by Gasteiger charge is 2.25. The summed E-state index contributed by atoms with van der Waals surface area (Å²) in [4.78, 5) is 30.2. The molecule has 180 valence electrons. The van der Waals surface area contributed by atoms with Crippen molar-refractivity contribution in [2.75, 3.05) is 0 Å². The van der Waals surface area contributed by atoms with Crippen LogP contribution in [0, 0.1) is 0 Å². The Bertz CT molecular complexity index is 1340. The van der Waals surface area contributed by atoms with Crippen molar-refractivity contribution in [2.24, 2.45) is 0 Å². The van der Waals surface area contributed by atoms with E-state index in [1.165, 1.54) is 0 Å². The summed E-state index contributed by atoms with van der Waals surface area (Å²) in [6.45, 7) is -1.22. The molecule has 0 unspecified atom stereocenters. The number of carbonyl (C=O) groups is 2. The molecule has 0 fully saturated rings. The molecule has 0 spiro atoms. The van der Waals surface area contributed by atoms with E-state index in [-0.39, 0.29) is 23.3 Å². The Morgan fingerprint density at radius 3 is 2.31 bits per heavy atom. The van der Waals surface area contributed by atoms with Crippen molar-refractivity contribution in [1.29, 1.82) is 0 Å². The van der Waals surface area contributed by atoms with Crippen molar-refractivity contribution in [3.05, 3.63) is 101 Å². The standard InChI is InChI=1S/C26H23ClF2N4O2/c1-16(24-31-20-13-7-8-14-22(20)33(24)26(28)29)30-23(34)15-21(17-9-3-2-4-10-17)32-25(35)18-11-5-6-12-19(18)27/h2-14,16,21,26H,15H2,1H3,(H,30,34)(H,32,35)/t16-,21+/m1/s1. The molecule has 0 aliphatic carbocycles. The minimum Gasteiger partial charge on any atom is -0.346 e. The third-order valence-corrected chi connectivity index (χ3v) is 5.93. The number of aromatic nitrogens is 2.